The Kier molecular flexibility index (Phi) is 3.56. The number of hydrogen-bond donors (Lipinski definition) is 1. The number of rotatable bonds is 4. The van der Waals surface area contributed by atoms with Crippen LogP contribution in [0.1, 0.15) is 37.8 Å². The van der Waals surface area contributed by atoms with Gasteiger partial charge in [-0.1, -0.05) is 24.5 Å². The molecule has 0 saturated heterocycles. The number of ether oxygens (including phenoxy) is 1. The molecule has 2 rings (SSSR count). The van der Waals surface area contributed by atoms with Gasteiger partial charge in [0, 0.05) is 12.6 Å². The smallest absolute Gasteiger partial charge is 0.108 e. The molecule has 1 saturated carbocycles. The van der Waals surface area contributed by atoms with Crippen molar-refractivity contribution < 1.29 is 4.74 Å². The summed E-state index contributed by atoms with van der Waals surface area (Å²) in [5, 5.41) is 7.82. The predicted molar refractivity (Wildman–Crippen MR) is 60.7 cm³/mol. The van der Waals surface area contributed by atoms with Crippen molar-refractivity contribution in [3.8, 4) is 0 Å². The molecule has 16 heavy (non-hydrogen) atoms. The first kappa shape index (κ1) is 11.5. The van der Waals surface area contributed by atoms with Crippen LogP contribution >= 0.6 is 0 Å². The van der Waals surface area contributed by atoms with Crippen LogP contribution in [0.2, 0.25) is 0 Å². The van der Waals surface area contributed by atoms with Gasteiger partial charge in [-0.15, -0.1) is 5.10 Å². The molecule has 2 N–H and O–H groups in total. The maximum atomic E-state index is 6.26. The fourth-order valence-electron chi connectivity index (χ4n) is 2.22. The van der Waals surface area contributed by atoms with Gasteiger partial charge in [0.25, 0.3) is 0 Å². The number of nitrogens with zero attached hydrogens (tertiary/aromatic N) is 3. The van der Waals surface area contributed by atoms with E-state index in [1.807, 2.05) is 13.2 Å². The van der Waals surface area contributed by atoms with Gasteiger partial charge in [-0.2, -0.15) is 0 Å². The SMILES string of the molecule is Cn1cc(COCC2(N)CCCCC2)nn1. The van der Waals surface area contributed by atoms with Crippen molar-refractivity contribution in [2.24, 2.45) is 12.8 Å². The van der Waals surface area contributed by atoms with E-state index in [4.69, 9.17) is 10.5 Å². The van der Waals surface area contributed by atoms with E-state index in [0.29, 0.717) is 13.2 Å². The van der Waals surface area contributed by atoms with E-state index in [2.05, 4.69) is 10.3 Å². The van der Waals surface area contributed by atoms with Crippen LogP contribution < -0.4 is 5.73 Å². The van der Waals surface area contributed by atoms with Crippen molar-refractivity contribution in [1.82, 2.24) is 15.0 Å². The zero-order chi connectivity index (χ0) is 11.4. The van der Waals surface area contributed by atoms with Gasteiger partial charge in [-0.05, 0) is 12.8 Å². The lowest BCUT2D eigenvalue weighted by Gasteiger charge is -2.32. The third-order valence-corrected chi connectivity index (χ3v) is 3.14. The minimum Gasteiger partial charge on any atom is -0.373 e. The molecule has 0 atom stereocenters. The first-order valence-electron chi connectivity index (χ1n) is 5.90. The van der Waals surface area contributed by atoms with Gasteiger partial charge in [0.1, 0.15) is 5.69 Å². The molecule has 0 aliphatic heterocycles. The average Bonchev–Trinajstić information content (AvgIpc) is 2.65. The molecule has 1 heterocycles. The van der Waals surface area contributed by atoms with Gasteiger partial charge in [0.05, 0.1) is 19.4 Å². The summed E-state index contributed by atoms with van der Waals surface area (Å²) < 4.78 is 7.31. The van der Waals surface area contributed by atoms with Crippen LogP contribution in [0.5, 0.6) is 0 Å². The Morgan fingerprint density at radius 1 is 1.44 bits per heavy atom. The average molecular weight is 224 g/mol. The van der Waals surface area contributed by atoms with E-state index in [1.54, 1.807) is 4.68 Å². The van der Waals surface area contributed by atoms with Crippen molar-refractivity contribution in [1.29, 1.82) is 0 Å². The fraction of sp³-hybridized carbons (Fsp3) is 0.818. The summed E-state index contributed by atoms with van der Waals surface area (Å²) in [5.74, 6) is 0. The minimum absolute atomic E-state index is 0.111. The molecule has 1 fully saturated rings. The molecule has 1 aromatic heterocycles. The van der Waals surface area contributed by atoms with E-state index in [9.17, 15) is 0 Å². The van der Waals surface area contributed by atoms with Gasteiger partial charge >= 0.3 is 0 Å². The van der Waals surface area contributed by atoms with Crippen LogP contribution in [0.15, 0.2) is 6.20 Å². The van der Waals surface area contributed by atoms with Gasteiger partial charge in [0.15, 0.2) is 0 Å². The van der Waals surface area contributed by atoms with Crippen molar-refractivity contribution >= 4 is 0 Å². The third-order valence-electron chi connectivity index (χ3n) is 3.14. The Labute approximate surface area is 96.0 Å². The summed E-state index contributed by atoms with van der Waals surface area (Å²) >= 11 is 0. The topological polar surface area (TPSA) is 66.0 Å². The molecular formula is C11H20N4O. The van der Waals surface area contributed by atoms with Crippen LogP contribution in [-0.2, 0) is 18.4 Å². The van der Waals surface area contributed by atoms with Crippen molar-refractivity contribution in [3.63, 3.8) is 0 Å². The quantitative estimate of drug-likeness (QED) is 0.828. The summed E-state index contributed by atoms with van der Waals surface area (Å²) in [5.41, 5.74) is 7.01. The van der Waals surface area contributed by atoms with E-state index in [1.165, 1.54) is 19.3 Å². The molecule has 0 unspecified atom stereocenters. The predicted octanol–water partition coefficient (Wildman–Crippen LogP) is 0.993. The van der Waals surface area contributed by atoms with Crippen LogP contribution in [0.25, 0.3) is 0 Å². The van der Waals surface area contributed by atoms with Crippen molar-refractivity contribution in [2.45, 2.75) is 44.2 Å². The second-order valence-electron chi connectivity index (χ2n) is 4.80. The number of nitrogens with two attached hydrogens (primary N) is 1. The molecule has 1 aliphatic carbocycles. The largest absolute Gasteiger partial charge is 0.373 e. The van der Waals surface area contributed by atoms with Gasteiger partial charge in [-0.3, -0.25) is 4.68 Å². The molecule has 5 nitrogen and oxygen atoms in total. The van der Waals surface area contributed by atoms with Gasteiger partial charge < -0.3 is 10.5 Å². The van der Waals surface area contributed by atoms with E-state index < -0.39 is 0 Å². The lowest BCUT2D eigenvalue weighted by atomic mass is 9.83. The monoisotopic (exact) mass is 224 g/mol. The second kappa shape index (κ2) is 4.93. The Balaban J connectivity index is 1.74. The normalized spacial score (nSPS) is 19.9. The third kappa shape index (κ3) is 3.02. The maximum Gasteiger partial charge on any atom is 0.108 e. The molecule has 90 valence electrons. The van der Waals surface area contributed by atoms with Gasteiger partial charge in [0.2, 0.25) is 0 Å². The Morgan fingerprint density at radius 3 is 2.81 bits per heavy atom. The Morgan fingerprint density at radius 2 is 2.19 bits per heavy atom. The highest BCUT2D eigenvalue weighted by atomic mass is 16.5. The first-order chi connectivity index (χ1) is 7.68. The molecule has 1 aliphatic rings. The fourth-order valence-corrected chi connectivity index (χ4v) is 2.22. The molecule has 1 aromatic rings. The molecule has 0 bridgehead atoms. The lowest BCUT2D eigenvalue weighted by Crippen LogP contribution is -2.46. The molecular weight excluding hydrogens is 204 g/mol. The molecule has 5 heteroatoms. The zero-order valence-electron chi connectivity index (χ0n) is 9.85. The van der Waals surface area contributed by atoms with Crippen molar-refractivity contribution in [3.05, 3.63) is 11.9 Å². The summed E-state index contributed by atoms with van der Waals surface area (Å²) in [6.07, 6.45) is 7.78. The van der Waals surface area contributed by atoms with Crippen LogP contribution in [0.4, 0.5) is 0 Å². The number of aromatic nitrogens is 3. The maximum absolute atomic E-state index is 6.26. The zero-order valence-corrected chi connectivity index (χ0v) is 9.85. The highest BCUT2D eigenvalue weighted by Gasteiger charge is 2.27. The highest BCUT2D eigenvalue weighted by Crippen LogP contribution is 2.26. The summed E-state index contributed by atoms with van der Waals surface area (Å²) in [4.78, 5) is 0. The van der Waals surface area contributed by atoms with Gasteiger partial charge in [-0.25, -0.2) is 0 Å². The van der Waals surface area contributed by atoms with Crippen LogP contribution in [0, 0.1) is 0 Å². The molecule has 0 radical (unpaired) electrons. The van der Waals surface area contributed by atoms with Crippen LogP contribution in [-0.4, -0.2) is 27.1 Å². The number of aryl methyl sites for hydroxylation is 1. The summed E-state index contributed by atoms with van der Waals surface area (Å²) in [6.45, 7) is 1.14. The summed E-state index contributed by atoms with van der Waals surface area (Å²) in [7, 11) is 1.85. The standard InChI is InChI=1S/C11H20N4O/c1-15-7-10(13-14-15)8-16-9-11(12)5-3-2-4-6-11/h7H,2-6,8-9,12H2,1H3. The first-order valence-corrected chi connectivity index (χ1v) is 5.90. The summed E-state index contributed by atoms with van der Waals surface area (Å²) in [6, 6.07) is 0. The number of hydrogen-bond acceptors (Lipinski definition) is 4. The van der Waals surface area contributed by atoms with Crippen LogP contribution in [0.3, 0.4) is 0 Å². The van der Waals surface area contributed by atoms with E-state index in [0.717, 1.165) is 18.5 Å². The van der Waals surface area contributed by atoms with E-state index >= 15 is 0 Å². The lowest BCUT2D eigenvalue weighted by molar-refractivity contribution is 0.0558. The van der Waals surface area contributed by atoms with Crippen molar-refractivity contribution in [2.75, 3.05) is 6.61 Å². The molecule has 0 aromatic carbocycles. The molecule has 0 amide bonds. The highest BCUT2D eigenvalue weighted by molar-refractivity contribution is 4.91. The molecule has 0 spiro atoms. The van der Waals surface area contributed by atoms with E-state index in [-0.39, 0.29) is 5.54 Å². The minimum atomic E-state index is -0.111. The Hall–Kier alpha value is -0.940. The second-order valence-corrected chi connectivity index (χ2v) is 4.80. The Bertz CT molecular complexity index is 330.